The molecule has 1 rings (SSSR count). The average Bonchev–Trinajstić information content (AvgIpc) is 2.53. The molecule has 1 N–H and O–H groups in total. The fourth-order valence-corrected chi connectivity index (χ4v) is 1.63. The van der Waals surface area contributed by atoms with E-state index in [0.29, 0.717) is 16.0 Å². The molecule has 0 unspecified atom stereocenters. The molecular formula is C7H11N3OS2. The van der Waals surface area contributed by atoms with Crippen LogP contribution in [0.1, 0.15) is 13.8 Å². The summed E-state index contributed by atoms with van der Waals surface area (Å²) >= 11 is 2.80. The monoisotopic (exact) mass is 217 g/mol. The van der Waals surface area contributed by atoms with E-state index in [2.05, 4.69) is 28.8 Å². The minimum Gasteiger partial charge on any atom is -0.314 e. The minimum absolute atomic E-state index is 0.00440. The molecule has 1 aromatic heterocycles. The van der Waals surface area contributed by atoms with Crippen molar-refractivity contribution in [3.63, 3.8) is 0 Å². The number of anilines is 1. The molecule has 0 bridgehead atoms. The second-order valence-corrected chi connectivity index (χ2v) is 5.04. The Bertz CT molecular complexity index is 261. The van der Waals surface area contributed by atoms with E-state index >= 15 is 0 Å². The van der Waals surface area contributed by atoms with Gasteiger partial charge in [0.05, 0.1) is 11.9 Å². The van der Waals surface area contributed by atoms with Gasteiger partial charge in [0.25, 0.3) is 0 Å². The zero-order valence-electron chi connectivity index (χ0n) is 7.48. The van der Waals surface area contributed by atoms with E-state index in [9.17, 15) is 4.79 Å². The SMILES string of the molecule is CC(C)SCC(=O)Nc1cnns1. The zero-order chi connectivity index (χ0) is 9.68. The molecule has 1 aromatic rings. The fraction of sp³-hybridized carbons (Fsp3) is 0.571. The lowest BCUT2D eigenvalue weighted by molar-refractivity contribution is -0.113. The van der Waals surface area contributed by atoms with Gasteiger partial charge in [0.1, 0.15) is 5.00 Å². The minimum atomic E-state index is 0.00440. The third kappa shape index (κ3) is 4.23. The molecule has 0 aromatic carbocycles. The Morgan fingerprint density at radius 3 is 3.08 bits per heavy atom. The van der Waals surface area contributed by atoms with Gasteiger partial charge in [0.2, 0.25) is 5.91 Å². The van der Waals surface area contributed by atoms with Crippen molar-refractivity contribution >= 4 is 34.2 Å². The third-order valence-corrected chi connectivity index (χ3v) is 2.85. The van der Waals surface area contributed by atoms with Crippen molar-refractivity contribution in [2.45, 2.75) is 19.1 Å². The molecular weight excluding hydrogens is 206 g/mol. The summed E-state index contributed by atoms with van der Waals surface area (Å²) in [5, 5.41) is 7.51. The van der Waals surface area contributed by atoms with Crippen LogP contribution in [0.3, 0.4) is 0 Å². The number of amides is 1. The van der Waals surface area contributed by atoms with Gasteiger partial charge in [-0.1, -0.05) is 18.3 Å². The quantitative estimate of drug-likeness (QED) is 0.832. The highest BCUT2D eigenvalue weighted by atomic mass is 32.2. The lowest BCUT2D eigenvalue weighted by Gasteiger charge is -2.03. The van der Waals surface area contributed by atoms with E-state index in [1.807, 2.05) is 0 Å². The summed E-state index contributed by atoms with van der Waals surface area (Å²) in [5.41, 5.74) is 0. The molecule has 13 heavy (non-hydrogen) atoms. The molecule has 0 saturated heterocycles. The summed E-state index contributed by atoms with van der Waals surface area (Å²) in [6.45, 7) is 4.12. The second-order valence-electron chi connectivity index (χ2n) is 2.69. The zero-order valence-corrected chi connectivity index (χ0v) is 9.11. The Kier molecular flexibility index (Phi) is 4.17. The first-order valence-electron chi connectivity index (χ1n) is 3.87. The summed E-state index contributed by atoms with van der Waals surface area (Å²) in [6.07, 6.45) is 1.54. The molecule has 72 valence electrons. The highest BCUT2D eigenvalue weighted by Gasteiger charge is 2.05. The van der Waals surface area contributed by atoms with Crippen LogP contribution in [0.5, 0.6) is 0 Å². The van der Waals surface area contributed by atoms with Crippen molar-refractivity contribution in [3.8, 4) is 0 Å². The van der Waals surface area contributed by atoms with Crippen LogP contribution in [0.15, 0.2) is 6.20 Å². The number of thioether (sulfide) groups is 1. The van der Waals surface area contributed by atoms with Gasteiger partial charge in [-0.05, 0) is 5.25 Å². The maximum absolute atomic E-state index is 11.2. The van der Waals surface area contributed by atoms with Gasteiger partial charge >= 0.3 is 0 Å². The third-order valence-electron chi connectivity index (χ3n) is 1.17. The average molecular weight is 217 g/mol. The normalized spacial score (nSPS) is 10.4. The van der Waals surface area contributed by atoms with Gasteiger partial charge in [0.15, 0.2) is 0 Å². The Balaban J connectivity index is 2.26. The number of hydrogen-bond acceptors (Lipinski definition) is 5. The molecule has 0 aliphatic carbocycles. The van der Waals surface area contributed by atoms with E-state index in [-0.39, 0.29) is 5.91 Å². The molecule has 1 heterocycles. The van der Waals surface area contributed by atoms with E-state index < -0.39 is 0 Å². The van der Waals surface area contributed by atoms with Crippen LogP contribution in [0.4, 0.5) is 5.00 Å². The first-order valence-corrected chi connectivity index (χ1v) is 5.69. The maximum Gasteiger partial charge on any atom is 0.235 e. The van der Waals surface area contributed by atoms with Crippen molar-refractivity contribution in [1.82, 2.24) is 9.59 Å². The van der Waals surface area contributed by atoms with Crippen LogP contribution in [0.25, 0.3) is 0 Å². The molecule has 0 atom stereocenters. The summed E-state index contributed by atoms with van der Waals surface area (Å²) in [6, 6.07) is 0. The molecule has 0 saturated carbocycles. The first kappa shape index (κ1) is 10.5. The Morgan fingerprint density at radius 1 is 1.77 bits per heavy atom. The van der Waals surface area contributed by atoms with Crippen LogP contribution in [0.2, 0.25) is 0 Å². The summed E-state index contributed by atoms with van der Waals surface area (Å²) in [7, 11) is 0. The lowest BCUT2D eigenvalue weighted by atomic mass is 10.6. The van der Waals surface area contributed by atoms with Crippen LogP contribution >= 0.6 is 23.3 Å². The first-order chi connectivity index (χ1) is 6.18. The molecule has 1 amide bonds. The van der Waals surface area contributed by atoms with Gasteiger partial charge < -0.3 is 5.32 Å². The van der Waals surface area contributed by atoms with Crippen molar-refractivity contribution in [2.75, 3.05) is 11.1 Å². The van der Waals surface area contributed by atoms with Crippen LogP contribution in [-0.4, -0.2) is 26.5 Å². The molecule has 0 spiro atoms. The van der Waals surface area contributed by atoms with Gasteiger partial charge in [-0.3, -0.25) is 4.79 Å². The largest absolute Gasteiger partial charge is 0.314 e. The molecule has 0 aliphatic rings. The number of nitrogens with zero attached hydrogens (tertiary/aromatic N) is 2. The number of carbonyl (C=O) groups is 1. The predicted octanol–water partition coefficient (Wildman–Crippen LogP) is 1.62. The summed E-state index contributed by atoms with van der Waals surface area (Å²) in [5.74, 6) is 0.486. The van der Waals surface area contributed by atoms with Crippen molar-refractivity contribution in [3.05, 3.63) is 6.20 Å². The van der Waals surface area contributed by atoms with E-state index in [4.69, 9.17) is 0 Å². The van der Waals surface area contributed by atoms with Gasteiger partial charge in [-0.15, -0.1) is 16.9 Å². The fourth-order valence-electron chi connectivity index (χ4n) is 0.638. The topological polar surface area (TPSA) is 54.9 Å². The smallest absolute Gasteiger partial charge is 0.235 e. The Morgan fingerprint density at radius 2 is 2.54 bits per heavy atom. The molecule has 0 radical (unpaired) electrons. The second kappa shape index (κ2) is 5.18. The number of aromatic nitrogens is 2. The van der Waals surface area contributed by atoms with Crippen LogP contribution < -0.4 is 5.32 Å². The van der Waals surface area contributed by atoms with Crippen molar-refractivity contribution < 1.29 is 4.79 Å². The van der Waals surface area contributed by atoms with Crippen molar-refractivity contribution in [2.24, 2.45) is 0 Å². The number of carbonyl (C=O) groups excluding carboxylic acids is 1. The lowest BCUT2D eigenvalue weighted by Crippen LogP contribution is -2.14. The molecule has 4 nitrogen and oxygen atoms in total. The van der Waals surface area contributed by atoms with Crippen LogP contribution in [-0.2, 0) is 4.79 Å². The maximum atomic E-state index is 11.2. The molecule has 0 fully saturated rings. The Labute approximate surface area is 85.3 Å². The van der Waals surface area contributed by atoms with Crippen molar-refractivity contribution in [1.29, 1.82) is 0 Å². The number of hydrogen-bond donors (Lipinski definition) is 1. The van der Waals surface area contributed by atoms with Gasteiger partial charge in [-0.25, -0.2) is 0 Å². The van der Waals surface area contributed by atoms with E-state index in [1.165, 1.54) is 11.5 Å². The summed E-state index contributed by atoms with van der Waals surface area (Å²) < 4.78 is 3.64. The van der Waals surface area contributed by atoms with Gasteiger partial charge in [0, 0.05) is 11.5 Å². The molecule has 6 heteroatoms. The Hall–Kier alpha value is -0.620. The standard InChI is InChI=1S/C7H11N3OS2/c1-5(2)12-4-6(11)9-7-3-8-10-13-7/h3,5H,4H2,1-2H3,(H,9,11). The van der Waals surface area contributed by atoms with E-state index in [0.717, 1.165) is 0 Å². The van der Waals surface area contributed by atoms with Gasteiger partial charge in [-0.2, -0.15) is 0 Å². The predicted molar refractivity (Wildman–Crippen MR) is 56.1 cm³/mol. The van der Waals surface area contributed by atoms with E-state index in [1.54, 1.807) is 18.0 Å². The molecule has 0 aliphatic heterocycles. The number of rotatable bonds is 4. The summed E-state index contributed by atoms with van der Waals surface area (Å²) in [4.78, 5) is 11.2. The highest BCUT2D eigenvalue weighted by molar-refractivity contribution is 8.00. The highest BCUT2D eigenvalue weighted by Crippen LogP contribution is 2.12. The van der Waals surface area contributed by atoms with Crippen LogP contribution in [0, 0.1) is 0 Å². The number of nitrogens with one attached hydrogen (secondary N) is 1.